The number of fused-ring (bicyclic) bond motifs is 1. The summed E-state index contributed by atoms with van der Waals surface area (Å²) in [4.78, 5) is 11.7. The second-order valence-electron chi connectivity index (χ2n) is 11.0. The molecule has 9 heteroatoms. The fourth-order valence-corrected chi connectivity index (χ4v) is 5.60. The topological polar surface area (TPSA) is 98.4 Å². The number of anilines is 1. The Morgan fingerprint density at radius 3 is 2.40 bits per heavy atom. The first-order valence-electron chi connectivity index (χ1n) is 12.0. The zero-order valence-corrected chi connectivity index (χ0v) is 21.7. The van der Waals surface area contributed by atoms with Crippen LogP contribution in [0.4, 0.5) is 6.01 Å². The molecule has 0 spiro atoms. The van der Waals surface area contributed by atoms with Crippen LogP contribution < -0.4 is 9.64 Å². The van der Waals surface area contributed by atoms with Crippen molar-refractivity contribution in [3.8, 4) is 17.0 Å². The van der Waals surface area contributed by atoms with Gasteiger partial charge in [0.25, 0.3) is 0 Å². The SMILES string of the molecule is CC(C)(C)c1noc(N2CCC(C3(C)Cc4cc(-c5ccc(S(C)(=O)=O)cc5)ncc4O3)CC2)n1. The molecule has 2 aromatic heterocycles. The second-order valence-corrected chi connectivity index (χ2v) is 13.0. The molecule has 1 unspecified atom stereocenters. The number of piperidine rings is 1. The average molecular weight is 497 g/mol. The standard InChI is InChI=1S/C26H32N4O4S/c1-25(2,3)23-28-24(34-29-23)30-12-10-19(11-13-30)26(4)15-18-14-21(27-16-22(18)33-26)17-6-8-20(9-7-17)35(5,31)32/h6-9,14,16,19H,10-13,15H2,1-5H3. The van der Waals surface area contributed by atoms with Crippen LogP contribution in [-0.2, 0) is 21.7 Å². The second kappa shape index (κ2) is 8.33. The fraction of sp³-hybridized carbons (Fsp3) is 0.500. The van der Waals surface area contributed by atoms with E-state index in [4.69, 9.17) is 9.26 Å². The average Bonchev–Trinajstić information content (AvgIpc) is 3.43. The van der Waals surface area contributed by atoms with Crippen molar-refractivity contribution in [2.45, 2.75) is 62.9 Å². The fourth-order valence-electron chi connectivity index (χ4n) is 4.97. The maximum Gasteiger partial charge on any atom is 0.324 e. The van der Waals surface area contributed by atoms with Gasteiger partial charge in [-0.25, -0.2) is 8.42 Å². The van der Waals surface area contributed by atoms with Gasteiger partial charge in [0.1, 0.15) is 11.4 Å². The Kier molecular flexibility index (Phi) is 5.66. The molecule has 1 atom stereocenters. The predicted molar refractivity (Wildman–Crippen MR) is 133 cm³/mol. The van der Waals surface area contributed by atoms with Crippen molar-refractivity contribution in [2.75, 3.05) is 24.2 Å². The zero-order valence-electron chi connectivity index (χ0n) is 20.9. The highest BCUT2D eigenvalue weighted by Gasteiger charge is 2.44. The maximum atomic E-state index is 11.8. The van der Waals surface area contributed by atoms with E-state index in [-0.39, 0.29) is 11.0 Å². The van der Waals surface area contributed by atoms with E-state index in [9.17, 15) is 8.42 Å². The van der Waals surface area contributed by atoms with Crippen LogP contribution in [0.3, 0.4) is 0 Å². The van der Waals surface area contributed by atoms with Crippen molar-refractivity contribution in [1.82, 2.24) is 15.1 Å². The molecule has 0 saturated carbocycles. The molecule has 5 rings (SSSR count). The summed E-state index contributed by atoms with van der Waals surface area (Å²) < 4.78 is 35.5. The largest absolute Gasteiger partial charge is 0.485 e. The summed E-state index contributed by atoms with van der Waals surface area (Å²) >= 11 is 0. The van der Waals surface area contributed by atoms with Gasteiger partial charge in [-0.1, -0.05) is 38.1 Å². The highest BCUT2D eigenvalue weighted by atomic mass is 32.2. The van der Waals surface area contributed by atoms with Crippen LogP contribution in [0, 0.1) is 5.92 Å². The third-order valence-corrected chi connectivity index (χ3v) is 8.25. The number of ether oxygens (including phenoxy) is 1. The summed E-state index contributed by atoms with van der Waals surface area (Å²) in [6.07, 6.45) is 5.78. The normalized spacial score (nSPS) is 21.1. The van der Waals surface area contributed by atoms with Crippen LogP contribution in [0.15, 0.2) is 45.9 Å². The first kappa shape index (κ1) is 23.8. The van der Waals surface area contributed by atoms with Crippen LogP contribution in [0.2, 0.25) is 0 Å². The number of pyridine rings is 1. The van der Waals surface area contributed by atoms with E-state index in [2.05, 4.69) is 53.8 Å². The Morgan fingerprint density at radius 2 is 1.80 bits per heavy atom. The molecule has 2 aliphatic heterocycles. The molecule has 0 amide bonds. The van der Waals surface area contributed by atoms with Crippen molar-refractivity contribution in [3.05, 3.63) is 47.9 Å². The van der Waals surface area contributed by atoms with E-state index in [1.165, 1.54) is 6.26 Å². The molecule has 0 N–H and O–H groups in total. The minimum Gasteiger partial charge on any atom is -0.485 e. The molecule has 0 bridgehead atoms. The van der Waals surface area contributed by atoms with Crippen LogP contribution in [-0.4, -0.2) is 48.5 Å². The Balaban J connectivity index is 1.26. The lowest BCUT2D eigenvalue weighted by Crippen LogP contribution is -2.46. The van der Waals surface area contributed by atoms with Crippen LogP contribution in [0.1, 0.15) is 51.9 Å². The van der Waals surface area contributed by atoms with Gasteiger partial charge in [-0.3, -0.25) is 4.98 Å². The van der Waals surface area contributed by atoms with Gasteiger partial charge in [0.15, 0.2) is 15.7 Å². The summed E-state index contributed by atoms with van der Waals surface area (Å²) in [6.45, 7) is 10.1. The Labute approximate surface area is 206 Å². The van der Waals surface area contributed by atoms with Crippen molar-refractivity contribution in [3.63, 3.8) is 0 Å². The molecule has 4 heterocycles. The lowest BCUT2D eigenvalue weighted by molar-refractivity contribution is 0.0343. The van der Waals surface area contributed by atoms with Gasteiger partial charge >= 0.3 is 6.01 Å². The molecule has 1 aromatic carbocycles. The summed E-state index contributed by atoms with van der Waals surface area (Å²) in [6, 6.07) is 9.53. The van der Waals surface area contributed by atoms with Gasteiger partial charge in [0.05, 0.1) is 16.8 Å². The van der Waals surface area contributed by atoms with Crippen LogP contribution in [0.5, 0.6) is 5.75 Å². The van der Waals surface area contributed by atoms with Crippen LogP contribution in [0.25, 0.3) is 11.3 Å². The minimum atomic E-state index is -3.22. The number of nitrogens with zero attached hydrogens (tertiary/aromatic N) is 4. The third kappa shape index (κ3) is 4.66. The highest BCUT2D eigenvalue weighted by molar-refractivity contribution is 7.90. The summed E-state index contributed by atoms with van der Waals surface area (Å²) in [5, 5.41) is 4.16. The zero-order chi connectivity index (χ0) is 25.0. The molecule has 3 aromatic rings. The van der Waals surface area contributed by atoms with Gasteiger partial charge in [-0.15, -0.1) is 0 Å². The van der Waals surface area contributed by atoms with Gasteiger partial charge < -0.3 is 14.2 Å². The number of sulfone groups is 1. The molecule has 186 valence electrons. The van der Waals surface area contributed by atoms with Crippen molar-refractivity contribution < 1.29 is 17.7 Å². The predicted octanol–water partition coefficient (Wildman–Crippen LogP) is 4.44. The smallest absolute Gasteiger partial charge is 0.324 e. The van der Waals surface area contributed by atoms with E-state index in [1.54, 1.807) is 30.5 Å². The molecule has 0 radical (unpaired) electrons. The lowest BCUT2D eigenvalue weighted by Gasteiger charge is -2.39. The molecular weight excluding hydrogens is 464 g/mol. The van der Waals surface area contributed by atoms with Crippen molar-refractivity contribution in [1.29, 1.82) is 0 Å². The number of rotatable bonds is 4. The van der Waals surface area contributed by atoms with Crippen LogP contribution >= 0.6 is 0 Å². The monoisotopic (exact) mass is 496 g/mol. The number of hydrogen-bond donors (Lipinski definition) is 0. The molecule has 1 saturated heterocycles. The van der Waals surface area contributed by atoms with Gasteiger partial charge in [0, 0.05) is 48.2 Å². The third-order valence-electron chi connectivity index (χ3n) is 7.13. The van der Waals surface area contributed by atoms with E-state index < -0.39 is 9.84 Å². The van der Waals surface area contributed by atoms with E-state index >= 15 is 0 Å². The molecule has 35 heavy (non-hydrogen) atoms. The number of hydrogen-bond acceptors (Lipinski definition) is 8. The van der Waals surface area contributed by atoms with Crippen molar-refractivity contribution in [2.24, 2.45) is 5.92 Å². The molecule has 8 nitrogen and oxygen atoms in total. The molecule has 2 aliphatic rings. The molecule has 1 fully saturated rings. The first-order valence-corrected chi connectivity index (χ1v) is 13.9. The van der Waals surface area contributed by atoms with Gasteiger partial charge in [-0.2, -0.15) is 4.98 Å². The Morgan fingerprint density at radius 1 is 1.11 bits per heavy atom. The Hall–Kier alpha value is -2.94. The summed E-state index contributed by atoms with van der Waals surface area (Å²) in [5.74, 6) is 1.96. The first-order chi connectivity index (χ1) is 16.4. The van der Waals surface area contributed by atoms with E-state index in [1.807, 2.05) is 0 Å². The molecule has 0 aliphatic carbocycles. The quantitative estimate of drug-likeness (QED) is 0.523. The number of aromatic nitrogens is 3. The maximum absolute atomic E-state index is 11.8. The van der Waals surface area contributed by atoms with E-state index in [0.29, 0.717) is 16.8 Å². The van der Waals surface area contributed by atoms with Crippen molar-refractivity contribution >= 4 is 15.9 Å². The summed E-state index contributed by atoms with van der Waals surface area (Å²) in [7, 11) is -3.22. The lowest BCUT2D eigenvalue weighted by atomic mass is 9.79. The highest BCUT2D eigenvalue weighted by Crippen LogP contribution is 2.43. The van der Waals surface area contributed by atoms with Gasteiger partial charge in [0.2, 0.25) is 0 Å². The van der Waals surface area contributed by atoms with E-state index in [0.717, 1.165) is 60.7 Å². The van der Waals surface area contributed by atoms with Gasteiger partial charge in [-0.05, 0) is 38.0 Å². The molecular formula is C26H32N4O4S. The Bertz CT molecular complexity index is 1340. The number of benzene rings is 1. The minimum absolute atomic E-state index is 0.139. The summed E-state index contributed by atoms with van der Waals surface area (Å²) in [5.41, 5.74) is 2.41.